The van der Waals surface area contributed by atoms with Gasteiger partial charge in [0.05, 0.1) is 25.4 Å². The van der Waals surface area contributed by atoms with Crippen LogP contribution in [0.1, 0.15) is 271 Å². The maximum absolute atomic E-state index is 12.4. The molecule has 3 N–H and O–H groups in total. The van der Waals surface area contributed by atoms with Crippen molar-refractivity contribution in [1.29, 1.82) is 0 Å². The van der Waals surface area contributed by atoms with Crippen LogP contribution in [-0.2, 0) is 14.3 Å². The first-order valence-electron chi connectivity index (χ1n) is 26.3. The first-order valence-corrected chi connectivity index (χ1v) is 26.3. The molecule has 0 fully saturated rings. The SMILES string of the molecule is CCC/C=C\C/C=C\CCCCCCCC(=O)OCCCCCCCCCCCCCCCCCCCCCCCC(=O)NC(CO)C(O)/C=C/CCCCCCCCC. The highest BCUT2D eigenvalue weighted by Gasteiger charge is 2.18. The molecule has 0 aromatic heterocycles. The van der Waals surface area contributed by atoms with Crippen LogP contribution >= 0.6 is 0 Å². The van der Waals surface area contributed by atoms with E-state index in [1.165, 1.54) is 193 Å². The molecular formula is C54H101NO5. The predicted molar refractivity (Wildman–Crippen MR) is 259 cm³/mol. The summed E-state index contributed by atoms with van der Waals surface area (Å²) < 4.78 is 5.46. The summed E-state index contributed by atoms with van der Waals surface area (Å²) in [6.07, 6.45) is 60.2. The molecule has 6 heteroatoms. The van der Waals surface area contributed by atoms with Gasteiger partial charge in [-0.15, -0.1) is 0 Å². The molecule has 0 radical (unpaired) electrons. The molecule has 0 rings (SSSR count). The summed E-state index contributed by atoms with van der Waals surface area (Å²) in [7, 11) is 0. The zero-order chi connectivity index (χ0) is 43.7. The number of rotatable bonds is 48. The van der Waals surface area contributed by atoms with E-state index in [4.69, 9.17) is 4.74 Å². The lowest BCUT2D eigenvalue weighted by Crippen LogP contribution is -2.45. The van der Waals surface area contributed by atoms with Crippen molar-refractivity contribution in [3.63, 3.8) is 0 Å². The van der Waals surface area contributed by atoms with Crippen LogP contribution in [0.3, 0.4) is 0 Å². The van der Waals surface area contributed by atoms with Crippen molar-refractivity contribution >= 4 is 11.9 Å². The van der Waals surface area contributed by atoms with E-state index < -0.39 is 12.1 Å². The Kier molecular flexibility index (Phi) is 48.1. The Labute approximate surface area is 373 Å². The normalized spacial score (nSPS) is 12.9. The van der Waals surface area contributed by atoms with Gasteiger partial charge in [-0.05, 0) is 57.8 Å². The number of nitrogens with one attached hydrogen (secondary N) is 1. The van der Waals surface area contributed by atoms with Gasteiger partial charge in [0, 0.05) is 12.8 Å². The Morgan fingerprint density at radius 3 is 1.33 bits per heavy atom. The van der Waals surface area contributed by atoms with Crippen LogP contribution < -0.4 is 5.32 Å². The molecule has 0 aliphatic rings. The largest absolute Gasteiger partial charge is 0.466 e. The van der Waals surface area contributed by atoms with Crippen molar-refractivity contribution < 1.29 is 24.5 Å². The van der Waals surface area contributed by atoms with Gasteiger partial charge in [-0.3, -0.25) is 9.59 Å². The van der Waals surface area contributed by atoms with Crippen LogP contribution in [-0.4, -0.2) is 47.4 Å². The predicted octanol–water partition coefficient (Wildman–Crippen LogP) is 15.7. The number of hydrogen-bond donors (Lipinski definition) is 3. The topological polar surface area (TPSA) is 95.9 Å². The van der Waals surface area contributed by atoms with Gasteiger partial charge in [0.2, 0.25) is 5.91 Å². The van der Waals surface area contributed by atoms with Crippen LogP contribution in [0.5, 0.6) is 0 Å². The first-order chi connectivity index (χ1) is 29.5. The van der Waals surface area contributed by atoms with Crippen LogP contribution in [0, 0.1) is 0 Å². The van der Waals surface area contributed by atoms with Crippen molar-refractivity contribution in [1.82, 2.24) is 5.32 Å². The number of carbonyl (C=O) groups is 2. The third kappa shape index (κ3) is 45.6. The zero-order valence-electron chi connectivity index (χ0n) is 39.9. The fourth-order valence-corrected chi connectivity index (χ4v) is 7.85. The second-order valence-corrected chi connectivity index (χ2v) is 17.9. The average molecular weight is 844 g/mol. The van der Waals surface area contributed by atoms with Crippen LogP contribution in [0.2, 0.25) is 0 Å². The summed E-state index contributed by atoms with van der Waals surface area (Å²) in [6.45, 7) is 4.80. The number of ether oxygens (including phenoxy) is 1. The van der Waals surface area contributed by atoms with Crippen molar-refractivity contribution in [3.8, 4) is 0 Å². The van der Waals surface area contributed by atoms with E-state index in [0.717, 1.165) is 51.4 Å². The van der Waals surface area contributed by atoms with Gasteiger partial charge in [0.25, 0.3) is 0 Å². The Balaban J connectivity index is 3.38. The highest BCUT2D eigenvalue weighted by Crippen LogP contribution is 2.16. The van der Waals surface area contributed by atoms with E-state index in [2.05, 4.69) is 43.5 Å². The van der Waals surface area contributed by atoms with Crippen molar-refractivity contribution in [3.05, 3.63) is 36.5 Å². The lowest BCUT2D eigenvalue weighted by molar-refractivity contribution is -0.143. The molecule has 6 nitrogen and oxygen atoms in total. The van der Waals surface area contributed by atoms with Gasteiger partial charge in [0.1, 0.15) is 0 Å². The molecule has 2 atom stereocenters. The summed E-state index contributed by atoms with van der Waals surface area (Å²) in [5.41, 5.74) is 0. The Morgan fingerprint density at radius 1 is 0.467 bits per heavy atom. The van der Waals surface area contributed by atoms with Crippen molar-refractivity contribution in [2.24, 2.45) is 0 Å². The molecule has 0 aromatic rings. The number of allylic oxidation sites excluding steroid dienone is 5. The molecule has 0 heterocycles. The second kappa shape index (κ2) is 49.7. The van der Waals surface area contributed by atoms with E-state index in [1.54, 1.807) is 6.08 Å². The minimum absolute atomic E-state index is 0.00480. The number of unbranched alkanes of at least 4 members (excludes halogenated alkanes) is 33. The van der Waals surface area contributed by atoms with Gasteiger partial charge >= 0.3 is 5.97 Å². The van der Waals surface area contributed by atoms with Gasteiger partial charge in [-0.1, -0.05) is 237 Å². The second-order valence-electron chi connectivity index (χ2n) is 17.9. The van der Waals surface area contributed by atoms with E-state index in [9.17, 15) is 19.8 Å². The highest BCUT2D eigenvalue weighted by atomic mass is 16.5. The maximum Gasteiger partial charge on any atom is 0.305 e. The van der Waals surface area contributed by atoms with Crippen LogP contribution in [0.15, 0.2) is 36.5 Å². The van der Waals surface area contributed by atoms with E-state index in [-0.39, 0.29) is 18.5 Å². The quantitative estimate of drug-likeness (QED) is 0.0322. The molecule has 0 saturated carbocycles. The van der Waals surface area contributed by atoms with Gasteiger partial charge in [0.15, 0.2) is 0 Å². The lowest BCUT2D eigenvalue weighted by atomic mass is 10.0. The van der Waals surface area contributed by atoms with Gasteiger partial charge in [-0.2, -0.15) is 0 Å². The third-order valence-corrected chi connectivity index (χ3v) is 11.9. The molecule has 2 unspecified atom stereocenters. The zero-order valence-corrected chi connectivity index (χ0v) is 39.9. The molecule has 0 aliphatic carbocycles. The Bertz CT molecular complexity index is 977. The fraction of sp³-hybridized carbons (Fsp3) is 0.852. The fourth-order valence-electron chi connectivity index (χ4n) is 7.85. The van der Waals surface area contributed by atoms with Crippen molar-refractivity contribution in [2.75, 3.05) is 13.2 Å². The van der Waals surface area contributed by atoms with Crippen LogP contribution in [0.4, 0.5) is 0 Å². The summed E-state index contributed by atoms with van der Waals surface area (Å²) in [5.74, 6) is -0.0773. The molecule has 0 saturated heterocycles. The molecular weight excluding hydrogens is 743 g/mol. The Morgan fingerprint density at radius 2 is 0.867 bits per heavy atom. The summed E-state index contributed by atoms with van der Waals surface area (Å²) in [5, 5.41) is 22.9. The standard InChI is InChI=1S/C54H101NO5/c1-3-5-7-9-11-13-14-24-28-32-36-40-44-48-54(59)60-49-45-41-37-33-29-26-23-21-19-17-15-16-18-20-22-25-27-31-35-39-43-47-53(58)55-51(50-56)52(57)46-42-38-34-30-12-10-8-6-4-2/h7,9,13-14,42,46,51-52,56-57H,3-6,8,10-12,15-41,43-45,47-50H2,1-2H3,(H,55,58)/b9-7-,14-13-,46-42+. The van der Waals surface area contributed by atoms with E-state index in [0.29, 0.717) is 19.4 Å². The Hall–Kier alpha value is -1.92. The number of aliphatic hydroxyl groups excluding tert-OH is 2. The maximum atomic E-state index is 12.4. The van der Waals surface area contributed by atoms with E-state index in [1.807, 2.05) is 6.08 Å². The van der Waals surface area contributed by atoms with Crippen LogP contribution in [0.25, 0.3) is 0 Å². The molecule has 60 heavy (non-hydrogen) atoms. The molecule has 1 amide bonds. The number of esters is 1. The summed E-state index contributed by atoms with van der Waals surface area (Å²) in [4.78, 5) is 24.4. The van der Waals surface area contributed by atoms with E-state index >= 15 is 0 Å². The minimum Gasteiger partial charge on any atom is -0.466 e. The molecule has 0 aliphatic heterocycles. The number of amides is 1. The molecule has 0 spiro atoms. The monoisotopic (exact) mass is 844 g/mol. The molecule has 0 aromatic carbocycles. The number of carbonyl (C=O) groups excluding carboxylic acids is 2. The highest BCUT2D eigenvalue weighted by molar-refractivity contribution is 5.76. The molecule has 352 valence electrons. The minimum atomic E-state index is -0.843. The summed E-state index contributed by atoms with van der Waals surface area (Å²) >= 11 is 0. The van der Waals surface area contributed by atoms with Crippen molar-refractivity contribution in [2.45, 2.75) is 283 Å². The smallest absolute Gasteiger partial charge is 0.305 e. The van der Waals surface area contributed by atoms with Gasteiger partial charge in [-0.25, -0.2) is 0 Å². The first kappa shape index (κ1) is 58.1. The lowest BCUT2D eigenvalue weighted by Gasteiger charge is -2.20. The summed E-state index contributed by atoms with van der Waals surface area (Å²) in [6, 6.07) is -0.626. The molecule has 0 bridgehead atoms. The number of hydrogen-bond acceptors (Lipinski definition) is 5. The third-order valence-electron chi connectivity index (χ3n) is 11.9. The number of aliphatic hydroxyl groups is 2. The average Bonchev–Trinajstić information content (AvgIpc) is 3.25. The van der Waals surface area contributed by atoms with Gasteiger partial charge < -0.3 is 20.3 Å².